The van der Waals surface area contributed by atoms with Gasteiger partial charge in [-0.3, -0.25) is 4.79 Å². The molecule has 0 rings (SSSR count). The van der Waals surface area contributed by atoms with Crippen LogP contribution in [0.3, 0.4) is 0 Å². The van der Waals surface area contributed by atoms with Crippen molar-refractivity contribution in [1.82, 2.24) is 10.6 Å². The van der Waals surface area contributed by atoms with Gasteiger partial charge in [-0.15, -0.1) is 0 Å². The summed E-state index contributed by atoms with van der Waals surface area (Å²) in [5.74, 6) is -0.0515. The Morgan fingerprint density at radius 3 is 2.44 bits per heavy atom. The third kappa shape index (κ3) is 8.44. The summed E-state index contributed by atoms with van der Waals surface area (Å²) in [6, 6.07) is 0. The minimum absolute atomic E-state index is 0.0515. The summed E-state index contributed by atoms with van der Waals surface area (Å²) < 4.78 is 4.92. The van der Waals surface area contributed by atoms with Crippen LogP contribution in [0.2, 0.25) is 0 Å². The van der Waals surface area contributed by atoms with Crippen LogP contribution >= 0.6 is 0 Å². The summed E-state index contributed by atoms with van der Waals surface area (Å²) >= 11 is 0. The Labute approximate surface area is 110 Å². The van der Waals surface area contributed by atoms with Crippen molar-refractivity contribution in [3.05, 3.63) is 0 Å². The summed E-state index contributed by atoms with van der Waals surface area (Å²) in [6.45, 7) is 8.82. The topological polar surface area (TPSA) is 70.6 Å². The standard InChI is InChI=1S/C13H28N2O3/c1-6-12(2,3)15-11(16)9-14-10-13(4,17)7-8-18-5/h14,17H,6-10H2,1-5H3,(H,15,16). The Balaban J connectivity index is 3.87. The second-order valence-corrected chi connectivity index (χ2v) is 5.63. The SMILES string of the molecule is CCC(C)(C)NC(=O)CNCC(C)(O)CCOC. The van der Waals surface area contributed by atoms with Gasteiger partial charge in [0.05, 0.1) is 12.1 Å². The predicted molar refractivity (Wildman–Crippen MR) is 72.5 cm³/mol. The van der Waals surface area contributed by atoms with Gasteiger partial charge in [0, 0.05) is 32.2 Å². The molecule has 0 aromatic heterocycles. The van der Waals surface area contributed by atoms with Gasteiger partial charge in [-0.1, -0.05) is 6.92 Å². The number of carbonyl (C=O) groups excluding carboxylic acids is 1. The van der Waals surface area contributed by atoms with Crippen LogP contribution in [0.4, 0.5) is 0 Å². The van der Waals surface area contributed by atoms with Crippen molar-refractivity contribution in [2.75, 3.05) is 26.8 Å². The molecule has 0 spiro atoms. The van der Waals surface area contributed by atoms with Crippen LogP contribution in [0.1, 0.15) is 40.5 Å². The molecule has 0 heterocycles. The molecule has 0 aliphatic heterocycles. The molecule has 3 N–H and O–H groups in total. The van der Waals surface area contributed by atoms with Gasteiger partial charge in [-0.25, -0.2) is 0 Å². The Kier molecular flexibility index (Phi) is 7.43. The van der Waals surface area contributed by atoms with Crippen molar-refractivity contribution in [3.8, 4) is 0 Å². The minimum atomic E-state index is -0.851. The number of aliphatic hydroxyl groups is 1. The summed E-state index contributed by atoms with van der Waals surface area (Å²) in [6.07, 6.45) is 1.42. The fraction of sp³-hybridized carbons (Fsp3) is 0.923. The van der Waals surface area contributed by atoms with E-state index in [0.717, 1.165) is 6.42 Å². The van der Waals surface area contributed by atoms with Gasteiger partial charge in [-0.2, -0.15) is 0 Å². The first-order valence-corrected chi connectivity index (χ1v) is 6.45. The van der Waals surface area contributed by atoms with E-state index in [1.165, 1.54) is 0 Å². The van der Waals surface area contributed by atoms with Gasteiger partial charge in [0.25, 0.3) is 0 Å². The number of nitrogens with one attached hydrogen (secondary N) is 2. The highest BCUT2D eigenvalue weighted by Gasteiger charge is 2.21. The van der Waals surface area contributed by atoms with Gasteiger partial charge in [0.1, 0.15) is 0 Å². The third-order valence-electron chi connectivity index (χ3n) is 3.00. The molecule has 18 heavy (non-hydrogen) atoms. The normalized spacial score (nSPS) is 15.2. The van der Waals surface area contributed by atoms with Crippen molar-refractivity contribution in [2.45, 2.75) is 51.7 Å². The Morgan fingerprint density at radius 1 is 1.33 bits per heavy atom. The van der Waals surface area contributed by atoms with Crippen molar-refractivity contribution in [3.63, 3.8) is 0 Å². The Bertz CT molecular complexity index is 253. The average molecular weight is 260 g/mol. The zero-order valence-electron chi connectivity index (χ0n) is 12.3. The molecule has 1 atom stereocenters. The molecule has 0 saturated carbocycles. The van der Waals surface area contributed by atoms with E-state index in [1.807, 2.05) is 20.8 Å². The van der Waals surface area contributed by atoms with E-state index in [4.69, 9.17) is 4.74 Å². The van der Waals surface area contributed by atoms with Crippen molar-refractivity contribution in [1.29, 1.82) is 0 Å². The highest BCUT2D eigenvalue weighted by molar-refractivity contribution is 5.78. The second-order valence-electron chi connectivity index (χ2n) is 5.63. The molecule has 1 amide bonds. The lowest BCUT2D eigenvalue weighted by molar-refractivity contribution is -0.122. The largest absolute Gasteiger partial charge is 0.389 e. The molecule has 0 radical (unpaired) electrons. The lowest BCUT2D eigenvalue weighted by Gasteiger charge is -2.26. The first kappa shape index (κ1) is 17.4. The number of rotatable bonds is 9. The van der Waals surface area contributed by atoms with Crippen LogP contribution in [0.15, 0.2) is 0 Å². The van der Waals surface area contributed by atoms with E-state index < -0.39 is 5.60 Å². The monoisotopic (exact) mass is 260 g/mol. The predicted octanol–water partition coefficient (Wildman–Crippen LogP) is 0.668. The maximum Gasteiger partial charge on any atom is 0.234 e. The highest BCUT2D eigenvalue weighted by atomic mass is 16.5. The van der Waals surface area contributed by atoms with E-state index in [0.29, 0.717) is 19.6 Å². The molecule has 0 fully saturated rings. The number of amides is 1. The quantitative estimate of drug-likeness (QED) is 0.570. The van der Waals surface area contributed by atoms with E-state index in [2.05, 4.69) is 10.6 Å². The van der Waals surface area contributed by atoms with Gasteiger partial charge >= 0.3 is 0 Å². The Morgan fingerprint density at radius 2 is 1.94 bits per heavy atom. The van der Waals surface area contributed by atoms with Gasteiger partial charge < -0.3 is 20.5 Å². The van der Waals surface area contributed by atoms with Crippen LogP contribution < -0.4 is 10.6 Å². The number of hydrogen-bond acceptors (Lipinski definition) is 4. The minimum Gasteiger partial charge on any atom is -0.389 e. The molecule has 5 heteroatoms. The average Bonchev–Trinajstić information content (AvgIpc) is 2.25. The fourth-order valence-electron chi connectivity index (χ4n) is 1.37. The lowest BCUT2D eigenvalue weighted by Crippen LogP contribution is -2.48. The van der Waals surface area contributed by atoms with Gasteiger partial charge in [0.2, 0.25) is 5.91 Å². The van der Waals surface area contributed by atoms with Crippen molar-refractivity contribution < 1.29 is 14.6 Å². The molecule has 5 nitrogen and oxygen atoms in total. The number of ether oxygens (including phenoxy) is 1. The fourth-order valence-corrected chi connectivity index (χ4v) is 1.37. The van der Waals surface area contributed by atoms with Gasteiger partial charge in [0.15, 0.2) is 0 Å². The molecule has 0 saturated heterocycles. The smallest absolute Gasteiger partial charge is 0.234 e. The molecule has 0 bridgehead atoms. The summed E-state index contributed by atoms with van der Waals surface area (Å²) in [7, 11) is 1.60. The Hall–Kier alpha value is -0.650. The van der Waals surface area contributed by atoms with Crippen molar-refractivity contribution >= 4 is 5.91 Å². The molecule has 0 aliphatic carbocycles. The lowest BCUT2D eigenvalue weighted by atomic mass is 10.0. The van der Waals surface area contributed by atoms with E-state index in [1.54, 1.807) is 14.0 Å². The van der Waals surface area contributed by atoms with E-state index in [9.17, 15) is 9.90 Å². The number of methoxy groups -OCH3 is 1. The molecule has 108 valence electrons. The van der Waals surface area contributed by atoms with E-state index >= 15 is 0 Å². The van der Waals surface area contributed by atoms with Gasteiger partial charge in [-0.05, 0) is 27.2 Å². The molecular weight excluding hydrogens is 232 g/mol. The molecule has 0 aromatic carbocycles. The van der Waals surface area contributed by atoms with E-state index in [-0.39, 0.29) is 18.0 Å². The highest BCUT2D eigenvalue weighted by Crippen LogP contribution is 2.08. The number of carbonyl (C=O) groups is 1. The first-order chi connectivity index (χ1) is 8.22. The number of hydrogen-bond donors (Lipinski definition) is 3. The van der Waals surface area contributed by atoms with Crippen molar-refractivity contribution in [2.24, 2.45) is 0 Å². The summed E-state index contributed by atoms with van der Waals surface area (Å²) in [4.78, 5) is 11.6. The summed E-state index contributed by atoms with van der Waals surface area (Å²) in [5.41, 5.74) is -1.03. The van der Waals surface area contributed by atoms with Crippen LogP contribution in [0.5, 0.6) is 0 Å². The summed E-state index contributed by atoms with van der Waals surface area (Å²) in [5, 5.41) is 15.9. The zero-order valence-corrected chi connectivity index (χ0v) is 12.3. The first-order valence-electron chi connectivity index (χ1n) is 6.45. The van der Waals surface area contributed by atoms with Crippen LogP contribution in [-0.4, -0.2) is 49.0 Å². The van der Waals surface area contributed by atoms with Crippen LogP contribution in [0.25, 0.3) is 0 Å². The maximum atomic E-state index is 11.6. The molecule has 0 aromatic rings. The maximum absolute atomic E-state index is 11.6. The van der Waals surface area contributed by atoms with Crippen LogP contribution in [0, 0.1) is 0 Å². The molecule has 1 unspecified atom stereocenters. The third-order valence-corrected chi connectivity index (χ3v) is 3.00. The zero-order chi connectivity index (χ0) is 14.2. The second kappa shape index (κ2) is 7.71. The molecular formula is C13H28N2O3. The van der Waals surface area contributed by atoms with Crippen LogP contribution in [-0.2, 0) is 9.53 Å². The molecule has 0 aliphatic rings.